The number of nitrogens with two attached hydrogens (primary N) is 1. The van der Waals surface area contributed by atoms with E-state index in [4.69, 9.17) is 5.73 Å². The summed E-state index contributed by atoms with van der Waals surface area (Å²) in [6, 6.07) is 5.90. The summed E-state index contributed by atoms with van der Waals surface area (Å²) >= 11 is 1.20. The molecule has 1 aliphatic heterocycles. The van der Waals surface area contributed by atoms with E-state index in [1.165, 1.54) is 11.3 Å². The Hall–Kier alpha value is -2.81. The Bertz CT molecular complexity index is 1170. The number of amides is 1. The van der Waals surface area contributed by atoms with Gasteiger partial charge in [-0.15, -0.1) is 11.3 Å². The van der Waals surface area contributed by atoms with Crippen LogP contribution in [0.3, 0.4) is 0 Å². The van der Waals surface area contributed by atoms with Crippen molar-refractivity contribution in [3.05, 3.63) is 52.0 Å². The number of pyridine rings is 1. The second-order valence-corrected chi connectivity index (χ2v) is 9.14. The van der Waals surface area contributed by atoms with Gasteiger partial charge < -0.3 is 16.0 Å². The summed E-state index contributed by atoms with van der Waals surface area (Å²) in [6.07, 6.45) is -0.280. The van der Waals surface area contributed by atoms with E-state index in [0.29, 0.717) is 28.4 Å². The molecule has 1 aromatic carbocycles. The summed E-state index contributed by atoms with van der Waals surface area (Å²) in [7, 11) is 0. The average Bonchev–Trinajstić information content (AvgIpc) is 3.29. The first kappa shape index (κ1) is 22.4. The van der Waals surface area contributed by atoms with E-state index in [2.05, 4.69) is 10.3 Å². The van der Waals surface area contributed by atoms with Gasteiger partial charge in [-0.3, -0.25) is 4.79 Å². The van der Waals surface area contributed by atoms with E-state index in [1.54, 1.807) is 4.90 Å². The van der Waals surface area contributed by atoms with Gasteiger partial charge >= 0.3 is 0 Å². The molecule has 1 saturated heterocycles. The van der Waals surface area contributed by atoms with Crippen LogP contribution < -0.4 is 16.0 Å². The number of carbonyl (C=O) groups excluding carboxylic acids is 1. The van der Waals surface area contributed by atoms with E-state index < -0.39 is 17.8 Å². The number of halogens is 3. The highest BCUT2D eigenvalue weighted by molar-refractivity contribution is 7.21. The first-order valence-corrected chi connectivity index (χ1v) is 11.4. The third-order valence-electron chi connectivity index (χ3n) is 5.96. The van der Waals surface area contributed by atoms with Gasteiger partial charge in [0.05, 0.1) is 11.4 Å². The quantitative estimate of drug-likeness (QED) is 0.561. The lowest BCUT2D eigenvalue weighted by atomic mass is 10.1. The molecule has 0 aliphatic carbocycles. The van der Waals surface area contributed by atoms with E-state index in [0.717, 1.165) is 23.2 Å². The molecule has 0 spiro atoms. The van der Waals surface area contributed by atoms with Gasteiger partial charge in [-0.25, -0.2) is 18.2 Å². The first-order valence-electron chi connectivity index (χ1n) is 10.6. The van der Waals surface area contributed by atoms with Crippen molar-refractivity contribution >= 4 is 38.8 Å². The molecule has 2 aromatic heterocycles. The Morgan fingerprint density at radius 3 is 2.78 bits per heavy atom. The highest BCUT2D eigenvalue weighted by Crippen LogP contribution is 2.33. The lowest BCUT2D eigenvalue weighted by Crippen LogP contribution is -2.26. The number of nitrogens with zero attached hydrogens (tertiary/aromatic N) is 2. The molecule has 0 saturated carbocycles. The average molecular weight is 463 g/mol. The standard InChI is InChI=1S/C23H25F3N4OS/c1-3-13-10-30(11-18(13)26)19-9-16(24)14(8-17(19)25)6-7-28-22(31)21-20(27)15-5-4-12(2)29-23(15)32-21/h4-5,8-9,13,18H,3,6-7,10-11,27H2,1-2H3,(H,28,31)/t13-,18-/m1/s1. The van der Waals surface area contributed by atoms with Crippen molar-refractivity contribution in [1.29, 1.82) is 0 Å². The van der Waals surface area contributed by atoms with Gasteiger partial charge in [0, 0.05) is 42.7 Å². The Kier molecular flexibility index (Phi) is 6.28. The molecule has 0 radical (unpaired) electrons. The summed E-state index contributed by atoms with van der Waals surface area (Å²) < 4.78 is 43.3. The number of nitrogen functional groups attached to an aromatic ring is 1. The number of alkyl halides is 1. The van der Waals surface area contributed by atoms with Crippen molar-refractivity contribution < 1.29 is 18.0 Å². The minimum atomic E-state index is -1.04. The van der Waals surface area contributed by atoms with E-state index in [9.17, 15) is 18.0 Å². The van der Waals surface area contributed by atoms with Crippen molar-refractivity contribution in [3.8, 4) is 0 Å². The predicted molar refractivity (Wildman–Crippen MR) is 122 cm³/mol. The third-order valence-corrected chi connectivity index (χ3v) is 7.08. The topological polar surface area (TPSA) is 71.2 Å². The second-order valence-electron chi connectivity index (χ2n) is 8.14. The fourth-order valence-electron chi connectivity index (χ4n) is 4.07. The molecule has 3 aromatic rings. The van der Waals surface area contributed by atoms with Crippen LogP contribution in [-0.2, 0) is 6.42 Å². The second kappa shape index (κ2) is 8.97. The number of benzene rings is 1. The van der Waals surface area contributed by atoms with Crippen LogP contribution in [0, 0.1) is 24.5 Å². The van der Waals surface area contributed by atoms with Crippen LogP contribution in [0.4, 0.5) is 24.5 Å². The molecule has 32 heavy (non-hydrogen) atoms. The van der Waals surface area contributed by atoms with Crippen molar-refractivity contribution in [1.82, 2.24) is 10.3 Å². The van der Waals surface area contributed by atoms with Gasteiger partial charge in [-0.05, 0) is 43.5 Å². The number of hydrogen-bond acceptors (Lipinski definition) is 5. The number of anilines is 2. The van der Waals surface area contributed by atoms with Crippen molar-refractivity contribution in [2.24, 2.45) is 5.92 Å². The van der Waals surface area contributed by atoms with Crippen LogP contribution in [-0.4, -0.2) is 36.7 Å². The first-order chi connectivity index (χ1) is 15.3. The minimum absolute atomic E-state index is 0.0647. The maximum absolute atomic E-state index is 14.7. The van der Waals surface area contributed by atoms with Crippen LogP contribution in [0.2, 0.25) is 0 Å². The maximum atomic E-state index is 14.7. The molecule has 3 N–H and O–H groups in total. The number of hydrogen-bond donors (Lipinski definition) is 2. The predicted octanol–water partition coefficient (Wildman–Crippen LogP) is 4.62. The van der Waals surface area contributed by atoms with Crippen molar-refractivity contribution in [3.63, 3.8) is 0 Å². The number of aromatic nitrogens is 1. The zero-order valence-electron chi connectivity index (χ0n) is 17.9. The van der Waals surface area contributed by atoms with Gasteiger partial charge in [0.2, 0.25) is 0 Å². The van der Waals surface area contributed by atoms with Gasteiger partial charge in [0.15, 0.2) is 0 Å². The molecule has 5 nitrogen and oxygen atoms in total. The number of rotatable bonds is 6. The molecular formula is C23H25F3N4OS. The molecule has 3 heterocycles. The molecule has 0 bridgehead atoms. The smallest absolute Gasteiger partial charge is 0.263 e. The zero-order chi connectivity index (χ0) is 23.0. The van der Waals surface area contributed by atoms with E-state index in [-0.39, 0.29) is 42.6 Å². The third kappa shape index (κ3) is 4.26. The van der Waals surface area contributed by atoms with E-state index >= 15 is 0 Å². The van der Waals surface area contributed by atoms with Crippen molar-refractivity contribution in [2.75, 3.05) is 30.3 Å². The maximum Gasteiger partial charge on any atom is 0.263 e. The molecule has 2 atom stereocenters. The van der Waals surface area contributed by atoms with Crippen LogP contribution in [0.15, 0.2) is 24.3 Å². The fourth-order valence-corrected chi connectivity index (χ4v) is 5.13. The lowest BCUT2D eigenvalue weighted by molar-refractivity contribution is 0.0959. The van der Waals surface area contributed by atoms with Crippen LogP contribution in [0.1, 0.15) is 34.3 Å². The summed E-state index contributed by atoms with van der Waals surface area (Å²) in [4.78, 5) is 19.5. The molecular weight excluding hydrogens is 437 g/mol. The molecule has 1 amide bonds. The molecule has 170 valence electrons. The molecule has 4 rings (SSSR count). The Labute approximate surface area is 188 Å². The van der Waals surface area contributed by atoms with Gasteiger partial charge in [0.25, 0.3) is 5.91 Å². The van der Waals surface area contributed by atoms with Crippen LogP contribution >= 0.6 is 11.3 Å². The number of fused-ring (bicyclic) bond motifs is 1. The number of aryl methyl sites for hydroxylation is 1. The van der Waals surface area contributed by atoms with Gasteiger partial charge in [0.1, 0.15) is 27.5 Å². The van der Waals surface area contributed by atoms with Crippen LogP contribution in [0.25, 0.3) is 10.2 Å². The Balaban J connectivity index is 1.42. The largest absolute Gasteiger partial charge is 0.397 e. The van der Waals surface area contributed by atoms with Crippen LogP contribution in [0.5, 0.6) is 0 Å². The summed E-state index contributed by atoms with van der Waals surface area (Å²) in [5.41, 5.74) is 7.51. The zero-order valence-corrected chi connectivity index (χ0v) is 18.7. The van der Waals surface area contributed by atoms with E-state index in [1.807, 2.05) is 26.0 Å². The summed E-state index contributed by atoms with van der Waals surface area (Å²) in [6.45, 7) is 4.29. The summed E-state index contributed by atoms with van der Waals surface area (Å²) in [5.74, 6) is -1.72. The molecule has 9 heteroatoms. The highest BCUT2D eigenvalue weighted by Gasteiger charge is 2.33. The summed E-state index contributed by atoms with van der Waals surface area (Å²) in [5, 5.41) is 3.43. The number of carbonyl (C=O) groups is 1. The molecule has 0 unspecified atom stereocenters. The molecule has 1 fully saturated rings. The Morgan fingerprint density at radius 2 is 2.06 bits per heavy atom. The minimum Gasteiger partial charge on any atom is -0.397 e. The monoisotopic (exact) mass is 462 g/mol. The van der Waals surface area contributed by atoms with Gasteiger partial charge in [-0.1, -0.05) is 6.92 Å². The highest BCUT2D eigenvalue weighted by atomic mass is 32.1. The molecule has 1 aliphatic rings. The number of nitrogens with one attached hydrogen (secondary N) is 1. The normalized spacial score (nSPS) is 18.5. The lowest BCUT2D eigenvalue weighted by Gasteiger charge is -2.20. The Morgan fingerprint density at radius 1 is 1.28 bits per heavy atom. The fraction of sp³-hybridized carbons (Fsp3) is 0.391. The number of thiophene rings is 1. The van der Waals surface area contributed by atoms with Gasteiger partial charge in [-0.2, -0.15) is 0 Å². The van der Waals surface area contributed by atoms with Crippen molar-refractivity contribution in [2.45, 2.75) is 32.9 Å². The SMILES string of the molecule is CC[C@@H]1CN(c2cc(F)c(CCNC(=O)c3sc4nc(C)ccc4c3N)cc2F)C[C@H]1F.